The van der Waals surface area contributed by atoms with Crippen molar-refractivity contribution in [3.8, 4) is 0 Å². The molecule has 1 atom stereocenters. The number of halogens is 2. The second-order valence-corrected chi connectivity index (χ2v) is 5.24. The number of allylic oxidation sites excluding steroid dienone is 1. The second-order valence-electron chi connectivity index (χ2n) is 4.83. The van der Waals surface area contributed by atoms with Gasteiger partial charge in [-0.05, 0) is 36.6 Å². The summed E-state index contributed by atoms with van der Waals surface area (Å²) in [6, 6.07) is 4.80. The van der Waals surface area contributed by atoms with E-state index in [1.807, 2.05) is 6.08 Å². The Morgan fingerprint density at radius 1 is 1.42 bits per heavy atom. The largest absolute Gasteiger partial charge is 0.314 e. The Hall–Kier alpha value is -0.900. The van der Waals surface area contributed by atoms with Crippen molar-refractivity contribution < 1.29 is 4.39 Å². The quantitative estimate of drug-likeness (QED) is 0.833. The molecular weight excluding hydrogens is 263 g/mol. The monoisotopic (exact) mass is 282 g/mol. The van der Waals surface area contributed by atoms with Gasteiger partial charge in [-0.1, -0.05) is 17.7 Å². The van der Waals surface area contributed by atoms with E-state index in [1.54, 1.807) is 12.1 Å². The highest BCUT2D eigenvalue weighted by molar-refractivity contribution is 6.31. The molecule has 0 spiro atoms. The molecule has 1 N–H and O–H groups in total. The minimum atomic E-state index is -0.224. The van der Waals surface area contributed by atoms with Crippen molar-refractivity contribution in [2.75, 3.05) is 26.2 Å². The first-order chi connectivity index (χ1) is 9.22. The highest BCUT2D eigenvalue weighted by atomic mass is 35.5. The molecule has 1 aliphatic heterocycles. The summed E-state index contributed by atoms with van der Waals surface area (Å²) < 4.78 is 13.5. The number of rotatable bonds is 5. The minimum absolute atomic E-state index is 0.170. The normalized spacial score (nSPS) is 18.2. The zero-order valence-electron chi connectivity index (χ0n) is 11.0. The Bertz CT molecular complexity index is 430. The SMILES string of the molecule is C=CCC[C@H](c1cc(F)ccc1Cl)N1CCNCC1. The number of hydrogen-bond donors (Lipinski definition) is 1. The van der Waals surface area contributed by atoms with E-state index in [9.17, 15) is 4.39 Å². The molecule has 19 heavy (non-hydrogen) atoms. The smallest absolute Gasteiger partial charge is 0.123 e. The molecule has 4 heteroatoms. The third-order valence-electron chi connectivity index (χ3n) is 3.55. The van der Waals surface area contributed by atoms with Gasteiger partial charge in [0.2, 0.25) is 0 Å². The Morgan fingerprint density at radius 2 is 2.16 bits per heavy atom. The van der Waals surface area contributed by atoms with Gasteiger partial charge in [0.1, 0.15) is 5.82 Å². The molecule has 1 aromatic rings. The maximum Gasteiger partial charge on any atom is 0.123 e. The summed E-state index contributed by atoms with van der Waals surface area (Å²) in [5, 5.41) is 3.98. The molecule has 1 saturated heterocycles. The van der Waals surface area contributed by atoms with Gasteiger partial charge in [-0.2, -0.15) is 0 Å². The van der Waals surface area contributed by atoms with Gasteiger partial charge in [0.05, 0.1) is 0 Å². The van der Waals surface area contributed by atoms with Gasteiger partial charge in [0.25, 0.3) is 0 Å². The number of hydrogen-bond acceptors (Lipinski definition) is 2. The molecule has 0 aliphatic carbocycles. The Labute approximate surface area is 119 Å². The fourth-order valence-electron chi connectivity index (χ4n) is 2.57. The molecule has 0 saturated carbocycles. The molecule has 104 valence electrons. The van der Waals surface area contributed by atoms with E-state index < -0.39 is 0 Å². The molecule has 0 unspecified atom stereocenters. The second kappa shape index (κ2) is 7.04. The molecule has 0 bridgehead atoms. The lowest BCUT2D eigenvalue weighted by Crippen LogP contribution is -2.45. The van der Waals surface area contributed by atoms with Crippen LogP contribution in [0.2, 0.25) is 5.02 Å². The number of nitrogens with one attached hydrogen (secondary N) is 1. The minimum Gasteiger partial charge on any atom is -0.314 e. The summed E-state index contributed by atoms with van der Waals surface area (Å²) in [5.74, 6) is -0.224. The fraction of sp³-hybridized carbons (Fsp3) is 0.467. The lowest BCUT2D eigenvalue weighted by Gasteiger charge is -2.35. The van der Waals surface area contributed by atoms with Gasteiger partial charge in [0, 0.05) is 37.2 Å². The van der Waals surface area contributed by atoms with Crippen LogP contribution < -0.4 is 5.32 Å². The summed E-state index contributed by atoms with van der Waals surface area (Å²) in [5.41, 5.74) is 0.894. The zero-order valence-corrected chi connectivity index (χ0v) is 11.8. The van der Waals surface area contributed by atoms with Gasteiger partial charge in [-0.25, -0.2) is 4.39 Å². The van der Waals surface area contributed by atoms with Gasteiger partial charge < -0.3 is 5.32 Å². The van der Waals surface area contributed by atoms with Crippen LogP contribution in [0.15, 0.2) is 30.9 Å². The Morgan fingerprint density at radius 3 is 2.84 bits per heavy atom. The van der Waals surface area contributed by atoms with E-state index in [-0.39, 0.29) is 11.9 Å². The molecule has 0 radical (unpaired) electrons. The molecule has 2 rings (SSSR count). The third kappa shape index (κ3) is 3.78. The van der Waals surface area contributed by atoms with Gasteiger partial charge in [-0.3, -0.25) is 4.90 Å². The summed E-state index contributed by atoms with van der Waals surface area (Å²) >= 11 is 6.25. The first-order valence-electron chi connectivity index (χ1n) is 6.73. The van der Waals surface area contributed by atoms with Crippen molar-refractivity contribution in [1.82, 2.24) is 10.2 Å². The summed E-state index contributed by atoms with van der Waals surface area (Å²) in [4.78, 5) is 2.38. The summed E-state index contributed by atoms with van der Waals surface area (Å²) in [7, 11) is 0. The number of benzene rings is 1. The molecule has 1 aliphatic rings. The first kappa shape index (κ1) is 14.5. The van der Waals surface area contributed by atoms with Crippen LogP contribution in [0.5, 0.6) is 0 Å². The molecule has 1 fully saturated rings. The maximum atomic E-state index is 13.5. The third-order valence-corrected chi connectivity index (χ3v) is 3.90. The first-order valence-corrected chi connectivity index (χ1v) is 7.11. The van der Waals surface area contributed by atoms with E-state index in [1.165, 1.54) is 6.07 Å². The molecular formula is C15H20ClFN2. The van der Waals surface area contributed by atoms with Crippen molar-refractivity contribution in [3.63, 3.8) is 0 Å². The molecule has 0 aromatic heterocycles. The van der Waals surface area contributed by atoms with Crippen LogP contribution in [0.1, 0.15) is 24.4 Å². The van der Waals surface area contributed by atoms with Crippen molar-refractivity contribution in [2.24, 2.45) is 0 Å². The van der Waals surface area contributed by atoms with Crippen molar-refractivity contribution in [1.29, 1.82) is 0 Å². The van der Waals surface area contributed by atoms with Gasteiger partial charge >= 0.3 is 0 Å². The lowest BCUT2D eigenvalue weighted by molar-refractivity contribution is 0.166. The average molecular weight is 283 g/mol. The van der Waals surface area contributed by atoms with Gasteiger partial charge in [0.15, 0.2) is 0 Å². The molecule has 1 heterocycles. The predicted molar refractivity (Wildman–Crippen MR) is 78.0 cm³/mol. The number of piperazine rings is 1. The predicted octanol–water partition coefficient (Wildman–Crippen LogP) is 3.39. The van der Waals surface area contributed by atoms with Crippen LogP contribution >= 0.6 is 11.6 Å². The van der Waals surface area contributed by atoms with Crippen LogP contribution in [0.25, 0.3) is 0 Å². The van der Waals surface area contributed by atoms with E-state index in [4.69, 9.17) is 11.6 Å². The van der Waals surface area contributed by atoms with Crippen LogP contribution in [0, 0.1) is 5.82 Å². The van der Waals surface area contributed by atoms with E-state index in [0.29, 0.717) is 5.02 Å². The lowest BCUT2D eigenvalue weighted by atomic mass is 9.99. The Kier molecular flexibility index (Phi) is 5.37. The summed E-state index contributed by atoms with van der Waals surface area (Å²) in [6.45, 7) is 7.65. The van der Waals surface area contributed by atoms with Gasteiger partial charge in [-0.15, -0.1) is 6.58 Å². The van der Waals surface area contributed by atoms with Crippen LogP contribution in [0.4, 0.5) is 4.39 Å². The van der Waals surface area contributed by atoms with Crippen LogP contribution in [0.3, 0.4) is 0 Å². The van der Waals surface area contributed by atoms with Crippen LogP contribution in [-0.2, 0) is 0 Å². The van der Waals surface area contributed by atoms with E-state index in [2.05, 4.69) is 16.8 Å². The zero-order chi connectivity index (χ0) is 13.7. The number of nitrogens with zero attached hydrogens (tertiary/aromatic N) is 1. The fourth-order valence-corrected chi connectivity index (χ4v) is 2.82. The van der Waals surface area contributed by atoms with Crippen molar-refractivity contribution in [3.05, 3.63) is 47.3 Å². The molecule has 1 aromatic carbocycles. The van der Waals surface area contributed by atoms with E-state index >= 15 is 0 Å². The topological polar surface area (TPSA) is 15.3 Å². The molecule has 0 amide bonds. The summed E-state index contributed by atoms with van der Waals surface area (Å²) in [6.07, 6.45) is 3.73. The highest BCUT2D eigenvalue weighted by Crippen LogP contribution is 2.32. The Balaban J connectivity index is 2.24. The van der Waals surface area contributed by atoms with Crippen molar-refractivity contribution in [2.45, 2.75) is 18.9 Å². The molecule has 2 nitrogen and oxygen atoms in total. The highest BCUT2D eigenvalue weighted by Gasteiger charge is 2.23. The standard InChI is InChI=1S/C15H20ClFN2/c1-2-3-4-15(19-9-7-18-8-10-19)13-11-12(17)5-6-14(13)16/h2,5-6,11,15,18H,1,3-4,7-10H2/t15-/m1/s1. The van der Waals surface area contributed by atoms with E-state index in [0.717, 1.165) is 44.6 Å². The van der Waals surface area contributed by atoms with Crippen molar-refractivity contribution >= 4 is 11.6 Å². The average Bonchev–Trinajstić information content (AvgIpc) is 2.44. The van der Waals surface area contributed by atoms with Crippen LogP contribution in [-0.4, -0.2) is 31.1 Å². The maximum absolute atomic E-state index is 13.5.